The standard InChI is InChI=1S/C14H13BrN2O2S2/c15-12-6-5-11(21-12)7-17-13(18)8-19-10-3-1-9(2-4-10)14(16)20/h1-6H,7-8H2,(H2,16,20)(H,17,18). The van der Waals surface area contributed by atoms with E-state index in [2.05, 4.69) is 21.2 Å². The van der Waals surface area contributed by atoms with Crippen molar-refractivity contribution >= 4 is 50.4 Å². The molecule has 0 fully saturated rings. The van der Waals surface area contributed by atoms with Gasteiger partial charge >= 0.3 is 0 Å². The van der Waals surface area contributed by atoms with Gasteiger partial charge in [0.25, 0.3) is 5.91 Å². The normalized spacial score (nSPS) is 10.1. The predicted molar refractivity (Wildman–Crippen MR) is 91.7 cm³/mol. The highest BCUT2D eigenvalue weighted by Gasteiger charge is 2.05. The first-order chi connectivity index (χ1) is 10.0. The third-order valence-corrected chi connectivity index (χ3v) is 4.46. The van der Waals surface area contributed by atoms with E-state index in [0.717, 1.165) is 14.2 Å². The van der Waals surface area contributed by atoms with Crippen molar-refractivity contribution in [2.75, 3.05) is 6.61 Å². The lowest BCUT2D eigenvalue weighted by molar-refractivity contribution is -0.123. The highest BCUT2D eigenvalue weighted by atomic mass is 79.9. The number of benzene rings is 1. The second-order valence-corrected chi connectivity index (χ2v) is 7.15. The molecule has 1 heterocycles. The maximum atomic E-state index is 11.7. The number of thiophene rings is 1. The van der Waals surface area contributed by atoms with Crippen LogP contribution >= 0.6 is 39.5 Å². The zero-order chi connectivity index (χ0) is 15.2. The predicted octanol–water partition coefficient (Wildman–Crippen LogP) is 2.84. The third-order valence-electron chi connectivity index (χ3n) is 2.60. The Morgan fingerprint density at radius 3 is 2.57 bits per heavy atom. The fourth-order valence-electron chi connectivity index (χ4n) is 1.55. The fourth-order valence-corrected chi connectivity index (χ4v) is 3.11. The van der Waals surface area contributed by atoms with Crippen molar-refractivity contribution in [2.24, 2.45) is 5.73 Å². The number of ether oxygens (including phenoxy) is 1. The van der Waals surface area contributed by atoms with Gasteiger partial charge in [0.15, 0.2) is 6.61 Å². The minimum absolute atomic E-state index is 0.0288. The largest absolute Gasteiger partial charge is 0.484 e. The Bertz CT molecular complexity index is 641. The van der Waals surface area contributed by atoms with E-state index in [-0.39, 0.29) is 12.5 Å². The molecule has 4 nitrogen and oxygen atoms in total. The van der Waals surface area contributed by atoms with Crippen molar-refractivity contribution < 1.29 is 9.53 Å². The van der Waals surface area contributed by atoms with Crippen molar-refractivity contribution in [3.63, 3.8) is 0 Å². The van der Waals surface area contributed by atoms with Crippen LogP contribution in [0.15, 0.2) is 40.2 Å². The Kier molecular flexibility index (Phi) is 5.72. The molecule has 1 aromatic carbocycles. The number of nitrogens with one attached hydrogen (secondary N) is 1. The number of halogens is 1. The highest BCUT2D eigenvalue weighted by molar-refractivity contribution is 9.11. The molecule has 0 unspecified atom stereocenters. The van der Waals surface area contributed by atoms with Crippen LogP contribution in [0.4, 0.5) is 0 Å². The van der Waals surface area contributed by atoms with Crippen LogP contribution in [0.25, 0.3) is 0 Å². The highest BCUT2D eigenvalue weighted by Crippen LogP contribution is 2.21. The lowest BCUT2D eigenvalue weighted by atomic mass is 10.2. The zero-order valence-corrected chi connectivity index (χ0v) is 14.2. The van der Waals surface area contributed by atoms with Gasteiger partial charge in [0, 0.05) is 10.4 Å². The molecule has 110 valence electrons. The van der Waals surface area contributed by atoms with Crippen LogP contribution < -0.4 is 15.8 Å². The molecule has 1 aromatic heterocycles. The molecule has 0 aliphatic rings. The van der Waals surface area contributed by atoms with Gasteiger partial charge in [-0.3, -0.25) is 4.79 Å². The topological polar surface area (TPSA) is 64.3 Å². The first kappa shape index (κ1) is 15.9. The summed E-state index contributed by atoms with van der Waals surface area (Å²) in [5.41, 5.74) is 6.28. The van der Waals surface area contributed by atoms with Crippen molar-refractivity contribution in [3.8, 4) is 5.75 Å². The van der Waals surface area contributed by atoms with E-state index in [4.69, 9.17) is 22.7 Å². The Balaban J connectivity index is 1.77. The van der Waals surface area contributed by atoms with Crippen molar-refractivity contribution in [1.82, 2.24) is 5.32 Å². The average Bonchev–Trinajstić information content (AvgIpc) is 2.89. The molecule has 2 rings (SSSR count). The molecule has 0 saturated heterocycles. The third kappa shape index (κ3) is 5.11. The molecule has 0 radical (unpaired) electrons. The summed E-state index contributed by atoms with van der Waals surface area (Å²) >= 11 is 9.83. The number of carbonyl (C=O) groups is 1. The monoisotopic (exact) mass is 384 g/mol. The Labute approximate surface area is 140 Å². The summed E-state index contributed by atoms with van der Waals surface area (Å²) in [6.07, 6.45) is 0. The number of hydrogen-bond acceptors (Lipinski definition) is 4. The number of thiocarbonyl (C=S) groups is 1. The number of carbonyl (C=O) groups excluding carboxylic acids is 1. The number of rotatable bonds is 6. The van der Waals surface area contributed by atoms with Crippen molar-refractivity contribution in [2.45, 2.75) is 6.54 Å². The van der Waals surface area contributed by atoms with Gasteiger partial charge in [0.05, 0.1) is 10.3 Å². The molecule has 21 heavy (non-hydrogen) atoms. The maximum absolute atomic E-state index is 11.7. The van der Waals surface area contributed by atoms with Gasteiger partial charge in [0.2, 0.25) is 0 Å². The number of hydrogen-bond donors (Lipinski definition) is 2. The Morgan fingerprint density at radius 1 is 1.29 bits per heavy atom. The molecule has 1 amide bonds. The lowest BCUT2D eigenvalue weighted by Crippen LogP contribution is -2.28. The average molecular weight is 385 g/mol. The van der Waals surface area contributed by atoms with Gasteiger partial charge in [-0.1, -0.05) is 12.2 Å². The molecule has 2 aromatic rings. The summed E-state index contributed by atoms with van der Waals surface area (Å²) in [6, 6.07) is 10.9. The number of amides is 1. The first-order valence-corrected chi connectivity index (χ1v) is 8.10. The van der Waals surface area contributed by atoms with E-state index < -0.39 is 0 Å². The lowest BCUT2D eigenvalue weighted by Gasteiger charge is -2.07. The molecule has 0 aliphatic carbocycles. The van der Waals surface area contributed by atoms with Crippen LogP contribution in [0.3, 0.4) is 0 Å². The van der Waals surface area contributed by atoms with Gasteiger partial charge in [-0.05, 0) is 52.3 Å². The summed E-state index contributed by atoms with van der Waals surface area (Å²) in [5.74, 6) is 0.432. The van der Waals surface area contributed by atoms with Crippen LogP contribution in [-0.2, 0) is 11.3 Å². The summed E-state index contributed by atoms with van der Waals surface area (Å²) in [6.45, 7) is 0.470. The number of nitrogens with two attached hydrogens (primary N) is 1. The second-order valence-electron chi connectivity index (χ2n) is 4.16. The van der Waals surface area contributed by atoms with E-state index in [9.17, 15) is 4.79 Å². The Morgan fingerprint density at radius 2 is 2.00 bits per heavy atom. The van der Waals surface area contributed by atoms with E-state index in [0.29, 0.717) is 17.3 Å². The molecular weight excluding hydrogens is 372 g/mol. The van der Waals surface area contributed by atoms with Gasteiger partial charge in [-0.2, -0.15) is 0 Å². The summed E-state index contributed by atoms with van der Waals surface area (Å²) in [4.78, 5) is 13.1. The van der Waals surface area contributed by atoms with Crippen LogP contribution in [0, 0.1) is 0 Å². The van der Waals surface area contributed by atoms with E-state index >= 15 is 0 Å². The molecule has 0 saturated carbocycles. The van der Waals surface area contributed by atoms with Crippen molar-refractivity contribution in [1.29, 1.82) is 0 Å². The second kappa shape index (κ2) is 7.53. The van der Waals surface area contributed by atoms with Crippen LogP contribution in [0.1, 0.15) is 10.4 Å². The molecule has 3 N–H and O–H groups in total. The molecule has 0 bridgehead atoms. The SMILES string of the molecule is NC(=S)c1ccc(OCC(=O)NCc2ccc(Br)s2)cc1. The maximum Gasteiger partial charge on any atom is 0.258 e. The fraction of sp³-hybridized carbons (Fsp3) is 0.143. The summed E-state index contributed by atoms with van der Waals surface area (Å²) in [7, 11) is 0. The van der Waals surface area contributed by atoms with Crippen LogP contribution in [-0.4, -0.2) is 17.5 Å². The minimum Gasteiger partial charge on any atom is -0.484 e. The molecule has 0 atom stereocenters. The zero-order valence-electron chi connectivity index (χ0n) is 11.0. The van der Waals surface area contributed by atoms with E-state index in [1.54, 1.807) is 35.6 Å². The van der Waals surface area contributed by atoms with Gasteiger partial charge in [0.1, 0.15) is 10.7 Å². The summed E-state index contributed by atoms with van der Waals surface area (Å²) in [5, 5.41) is 2.80. The first-order valence-electron chi connectivity index (χ1n) is 6.08. The quantitative estimate of drug-likeness (QED) is 0.751. The Hall–Kier alpha value is -1.44. The molecule has 0 aliphatic heterocycles. The molecule has 0 spiro atoms. The smallest absolute Gasteiger partial charge is 0.258 e. The molecule has 7 heteroatoms. The van der Waals surface area contributed by atoms with Gasteiger partial charge in [-0.15, -0.1) is 11.3 Å². The van der Waals surface area contributed by atoms with Crippen LogP contribution in [0.2, 0.25) is 0 Å². The van der Waals surface area contributed by atoms with Crippen LogP contribution in [0.5, 0.6) is 5.75 Å². The summed E-state index contributed by atoms with van der Waals surface area (Å²) < 4.78 is 6.44. The van der Waals surface area contributed by atoms with E-state index in [1.165, 1.54) is 0 Å². The van der Waals surface area contributed by atoms with Gasteiger partial charge in [-0.25, -0.2) is 0 Å². The van der Waals surface area contributed by atoms with E-state index in [1.807, 2.05) is 12.1 Å². The molecular formula is C14H13BrN2O2S2. The van der Waals surface area contributed by atoms with Gasteiger partial charge < -0.3 is 15.8 Å². The minimum atomic E-state index is -0.169. The van der Waals surface area contributed by atoms with Crippen molar-refractivity contribution in [3.05, 3.63) is 50.6 Å².